The van der Waals surface area contributed by atoms with Gasteiger partial charge in [0.15, 0.2) is 0 Å². The smallest absolute Gasteiger partial charge is 0.251 e. The molecule has 8 heteroatoms. The highest BCUT2D eigenvalue weighted by Crippen LogP contribution is 2.25. The van der Waals surface area contributed by atoms with Crippen molar-refractivity contribution in [1.82, 2.24) is 20.3 Å². The third-order valence-corrected chi connectivity index (χ3v) is 4.14. The first-order valence-corrected chi connectivity index (χ1v) is 8.75. The monoisotopic (exact) mass is 378 g/mol. The Hall–Kier alpha value is -3.68. The summed E-state index contributed by atoms with van der Waals surface area (Å²) in [7, 11) is 5.63. The van der Waals surface area contributed by atoms with Gasteiger partial charge in [0.05, 0.1) is 18.4 Å². The second-order valence-electron chi connectivity index (χ2n) is 6.50. The van der Waals surface area contributed by atoms with Crippen molar-refractivity contribution >= 4 is 23.2 Å². The van der Waals surface area contributed by atoms with E-state index in [9.17, 15) is 9.59 Å². The average molecular weight is 378 g/mol. The lowest BCUT2D eigenvalue weighted by Gasteiger charge is -2.13. The summed E-state index contributed by atoms with van der Waals surface area (Å²) < 4.78 is 1.59. The molecular weight excluding hydrogens is 356 g/mol. The second-order valence-corrected chi connectivity index (χ2v) is 6.50. The first-order valence-electron chi connectivity index (χ1n) is 8.75. The van der Waals surface area contributed by atoms with E-state index in [0.29, 0.717) is 16.9 Å². The number of rotatable bonds is 6. The fourth-order valence-electron chi connectivity index (χ4n) is 2.65. The molecule has 3 rings (SSSR count). The molecule has 1 heterocycles. The van der Waals surface area contributed by atoms with Gasteiger partial charge in [-0.1, -0.05) is 23.4 Å². The summed E-state index contributed by atoms with van der Waals surface area (Å²) >= 11 is 0. The molecule has 144 valence electrons. The predicted molar refractivity (Wildman–Crippen MR) is 108 cm³/mol. The Balaban J connectivity index is 1.61. The van der Waals surface area contributed by atoms with E-state index in [1.807, 2.05) is 49.3 Å². The number of nitrogens with zero attached hydrogens (tertiary/aromatic N) is 4. The Morgan fingerprint density at radius 1 is 1.07 bits per heavy atom. The number of carbonyl (C=O) groups is 2. The molecule has 0 bridgehead atoms. The lowest BCUT2D eigenvalue weighted by Crippen LogP contribution is -2.33. The summed E-state index contributed by atoms with van der Waals surface area (Å²) in [4.78, 5) is 26.5. The Morgan fingerprint density at radius 2 is 1.79 bits per heavy atom. The van der Waals surface area contributed by atoms with Crippen LogP contribution in [-0.2, 0) is 11.8 Å². The van der Waals surface area contributed by atoms with Crippen LogP contribution in [0.5, 0.6) is 0 Å². The van der Waals surface area contributed by atoms with Crippen molar-refractivity contribution in [2.45, 2.75) is 0 Å². The maximum absolute atomic E-state index is 12.3. The SMILES string of the molecule is CN(C)c1ccc(C(=O)NCC(=O)Nc2ccccc2-c2cn(C)nn2)cc1. The van der Waals surface area contributed by atoms with E-state index in [2.05, 4.69) is 20.9 Å². The quantitative estimate of drug-likeness (QED) is 0.684. The molecule has 0 aliphatic rings. The molecule has 0 fully saturated rings. The van der Waals surface area contributed by atoms with E-state index < -0.39 is 0 Å². The van der Waals surface area contributed by atoms with Crippen LogP contribution in [0.4, 0.5) is 11.4 Å². The van der Waals surface area contributed by atoms with Gasteiger partial charge in [0.2, 0.25) is 5.91 Å². The lowest BCUT2D eigenvalue weighted by molar-refractivity contribution is -0.115. The van der Waals surface area contributed by atoms with Gasteiger partial charge >= 0.3 is 0 Å². The Bertz CT molecular complexity index is 978. The van der Waals surface area contributed by atoms with Gasteiger partial charge in [0.1, 0.15) is 5.69 Å². The number of para-hydroxylation sites is 1. The van der Waals surface area contributed by atoms with Crippen molar-refractivity contribution in [2.75, 3.05) is 30.9 Å². The van der Waals surface area contributed by atoms with Crippen LogP contribution >= 0.6 is 0 Å². The van der Waals surface area contributed by atoms with Gasteiger partial charge in [0, 0.05) is 38.0 Å². The number of anilines is 2. The summed E-state index contributed by atoms with van der Waals surface area (Å²) in [5.74, 6) is -0.628. The summed E-state index contributed by atoms with van der Waals surface area (Å²) in [5.41, 5.74) is 3.52. The maximum atomic E-state index is 12.3. The molecule has 1 aromatic heterocycles. The van der Waals surface area contributed by atoms with Crippen molar-refractivity contribution in [3.63, 3.8) is 0 Å². The molecule has 2 amide bonds. The molecule has 0 aliphatic heterocycles. The lowest BCUT2D eigenvalue weighted by atomic mass is 10.1. The number of aryl methyl sites for hydroxylation is 1. The molecule has 0 unspecified atom stereocenters. The van der Waals surface area contributed by atoms with E-state index in [0.717, 1.165) is 11.3 Å². The van der Waals surface area contributed by atoms with Gasteiger partial charge in [-0.3, -0.25) is 14.3 Å². The zero-order valence-corrected chi connectivity index (χ0v) is 16.0. The summed E-state index contributed by atoms with van der Waals surface area (Å²) in [6.45, 7) is -0.136. The molecule has 0 spiro atoms. The third-order valence-electron chi connectivity index (χ3n) is 4.14. The highest BCUT2D eigenvalue weighted by Gasteiger charge is 2.12. The van der Waals surface area contributed by atoms with Crippen molar-refractivity contribution in [2.24, 2.45) is 7.05 Å². The first kappa shape index (κ1) is 19.1. The molecule has 0 radical (unpaired) electrons. The fourth-order valence-corrected chi connectivity index (χ4v) is 2.65. The molecular formula is C20H22N6O2. The summed E-state index contributed by atoms with van der Waals surface area (Å²) in [6, 6.07) is 14.5. The number of aromatic nitrogens is 3. The number of carbonyl (C=O) groups excluding carboxylic acids is 2. The highest BCUT2D eigenvalue weighted by molar-refractivity contribution is 6.00. The van der Waals surface area contributed by atoms with Crippen LogP contribution in [0.3, 0.4) is 0 Å². The second kappa shape index (κ2) is 8.34. The highest BCUT2D eigenvalue weighted by atomic mass is 16.2. The Labute approximate surface area is 163 Å². The van der Waals surface area contributed by atoms with Crippen molar-refractivity contribution in [3.05, 3.63) is 60.3 Å². The zero-order valence-electron chi connectivity index (χ0n) is 16.0. The summed E-state index contributed by atoms with van der Waals surface area (Å²) in [6.07, 6.45) is 1.77. The van der Waals surface area contributed by atoms with E-state index in [1.54, 1.807) is 36.1 Å². The summed E-state index contributed by atoms with van der Waals surface area (Å²) in [5, 5.41) is 13.4. The van der Waals surface area contributed by atoms with E-state index in [1.165, 1.54) is 0 Å². The van der Waals surface area contributed by atoms with Gasteiger partial charge in [-0.15, -0.1) is 5.10 Å². The zero-order chi connectivity index (χ0) is 20.1. The topological polar surface area (TPSA) is 92.2 Å². The normalized spacial score (nSPS) is 10.4. The molecule has 0 aliphatic carbocycles. The minimum absolute atomic E-state index is 0.136. The first-order chi connectivity index (χ1) is 13.4. The van der Waals surface area contributed by atoms with Crippen LogP contribution in [0.1, 0.15) is 10.4 Å². The fraction of sp³-hybridized carbons (Fsp3) is 0.200. The van der Waals surface area contributed by atoms with E-state index >= 15 is 0 Å². The van der Waals surface area contributed by atoms with Crippen molar-refractivity contribution in [1.29, 1.82) is 0 Å². The largest absolute Gasteiger partial charge is 0.378 e. The molecule has 0 saturated heterocycles. The maximum Gasteiger partial charge on any atom is 0.251 e. The van der Waals surface area contributed by atoms with Crippen molar-refractivity contribution in [3.8, 4) is 11.3 Å². The van der Waals surface area contributed by atoms with Gasteiger partial charge in [-0.2, -0.15) is 0 Å². The number of hydrogen-bond acceptors (Lipinski definition) is 5. The molecule has 2 N–H and O–H groups in total. The van der Waals surface area contributed by atoms with Gasteiger partial charge in [0.25, 0.3) is 5.91 Å². The number of amides is 2. The van der Waals surface area contributed by atoms with Gasteiger partial charge in [-0.25, -0.2) is 0 Å². The van der Waals surface area contributed by atoms with Gasteiger partial charge in [-0.05, 0) is 30.3 Å². The molecule has 2 aromatic carbocycles. The molecule has 28 heavy (non-hydrogen) atoms. The minimum atomic E-state index is -0.324. The van der Waals surface area contributed by atoms with E-state index in [4.69, 9.17) is 0 Å². The number of hydrogen-bond donors (Lipinski definition) is 2. The molecule has 8 nitrogen and oxygen atoms in total. The molecule has 3 aromatic rings. The molecule has 0 atom stereocenters. The standard InChI is InChI=1S/C20H22N6O2/c1-25(2)15-10-8-14(9-11-15)20(28)21-12-19(27)22-17-7-5-4-6-16(17)18-13-26(3)24-23-18/h4-11,13H,12H2,1-3H3,(H,21,28)(H,22,27). The van der Waals surface area contributed by atoms with Crippen LogP contribution in [0.15, 0.2) is 54.7 Å². The van der Waals surface area contributed by atoms with E-state index in [-0.39, 0.29) is 18.4 Å². The van der Waals surface area contributed by atoms with Crippen molar-refractivity contribution < 1.29 is 9.59 Å². The van der Waals surface area contributed by atoms with Crippen LogP contribution < -0.4 is 15.5 Å². The van der Waals surface area contributed by atoms with Crippen LogP contribution in [-0.4, -0.2) is 47.4 Å². The average Bonchev–Trinajstić information content (AvgIpc) is 3.12. The predicted octanol–water partition coefficient (Wildman–Crippen LogP) is 1.92. The van der Waals surface area contributed by atoms with Gasteiger partial charge < -0.3 is 15.5 Å². The minimum Gasteiger partial charge on any atom is -0.378 e. The third kappa shape index (κ3) is 4.53. The number of benzene rings is 2. The number of nitrogens with one attached hydrogen (secondary N) is 2. The Morgan fingerprint density at radius 3 is 2.43 bits per heavy atom. The van der Waals surface area contributed by atoms with Crippen LogP contribution in [0.2, 0.25) is 0 Å². The molecule has 0 saturated carbocycles. The van der Waals surface area contributed by atoms with Crippen LogP contribution in [0.25, 0.3) is 11.3 Å². The Kier molecular flexibility index (Phi) is 5.69. The van der Waals surface area contributed by atoms with Crippen LogP contribution in [0, 0.1) is 0 Å².